The fourth-order valence-electron chi connectivity index (χ4n) is 3.07. The van der Waals surface area contributed by atoms with Crippen LogP contribution < -0.4 is 5.73 Å². The zero-order chi connectivity index (χ0) is 14.8. The molecule has 6 heteroatoms. The van der Waals surface area contributed by atoms with E-state index in [-0.39, 0.29) is 17.9 Å². The van der Waals surface area contributed by atoms with Gasteiger partial charge in [-0.2, -0.15) is 11.8 Å². The van der Waals surface area contributed by atoms with Crippen LogP contribution in [-0.4, -0.2) is 53.5 Å². The molecule has 2 rings (SSSR count). The molecule has 1 aliphatic carbocycles. The summed E-state index contributed by atoms with van der Waals surface area (Å²) in [5, 5.41) is 0. The summed E-state index contributed by atoms with van der Waals surface area (Å²) in [4.78, 5) is 26.6. The first-order chi connectivity index (χ1) is 9.50. The normalized spacial score (nSPS) is 34.0. The Hall–Kier alpha value is -0.750. The second-order valence-corrected chi connectivity index (χ2v) is 6.91. The Bertz CT molecular complexity index is 391. The third-order valence-corrected chi connectivity index (χ3v) is 5.49. The highest BCUT2D eigenvalue weighted by molar-refractivity contribution is 7.99. The minimum absolute atomic E-state index is 0.0286. The number of hydrogen-bond acceptors (Lipinski definition) is 5. The topological polar surface area (TPSA) is 72.6 Å². The number of rotatable bonds is 3. The van der Waals surface area contributed by atoms with Gasteiger partial charge in [-0.15, -0.1) is 0 Å². The van der Waals surface area contributed by atoms with Crippen LogP contribution >= 0.6 is 11.8 Å². The molecule has 2 aliphatic rings. The molecule has 20 heavy (non-hydrogen) atoms. The number of carbonyl (C=O) groups excluding carboxylic acids is 2. The Kier molecular flexibility index (Phi) is 4.96. The van der Waals surface area contributed by atoms with Gasteiger partial charge >= 0.3 is 5.97 Å². The van der Waals surface area contributed by atoms with Gasteiger partial charge in [-0.3, -0.25) is 4.79 Å². The minimum Gasteiger partial charge on any atom is -0.464 e. The van der Waals surface area contributed by atoms with Crippen LogP contribution in [0.15, 0.2) is 0 Å². The van der Waals surface area contributed by atoms with Crippen molar-refractivity contribution in [3.63, 3.8) is 0 Å². The van der Waals surface area contributed by atoms with Gasteiger partial charge in [0.2, 0.25) is 5.91 Å². The smallest absolute Gasteiger partial charge is 0.329 e. The van der Waals surface area contributed by atoms with Crippen LogP contribution in [0.25, 0.3) is 0 Å². The van der Waals surface area contributed by atoms with E-state index >= 15 is 0 Å². The number of carbonyl (C=O) groups is 2. The van der Waals surface area contributed by atoms with Gasteiger partial charge in [0.15, 0.2) is 0 Å². The van der Waals surface area contributed by atoms with Crippen LogP contribution in [0.5, 0.6) is 0 Å². The largest absolute Gasteiger partial charge is 0.464 e. The van der Waals surface area contributed by atoms with Gasteiger partial charge in [-0.1, -0.05) is 6.42 Å². The molecule has 0 aromatic heterocycles. The molecule has 1 saturated carbocycles. The molecule has 1 amide bonds. The van der Waals surface area contributed by atoms with Crippen molar-refractivity contribution in [1.29, 1.82) is 0 Å². The molecule has 0 aromatic rings. The molecule has 0 aromatic carbocycles. The van der Waals surface area contributed by atoms with Gasteiger partial charge in [0.05, 0.1) is 12.0 Å². The van der Waals surface area contributed by atoms with Crippen molar-refractivity contribution in [2.45, 2.75) is 45.2 Å². The Morgan fingerprint density at radius 1 is 1.50 bits per heavy atom. The van der Waals surface area contributed by atoms with Crippen LogP contribution in [0.3, 0.4) is 0 Å². The molecule has 0 radical (unpaired) electrons. The predicted molar refractivity (Wildman–Crippen MR) is 79.4 cm³/mol. The van der Waals surface area contributed by atoms with Crippen molar-refractivity contribution in [2.75, 3.05) is 24.7 Å². The molecule has 0 bridgehead atoms. The molecule has 2 fully saturated rings. The first kappa shape index (κ1) is 15.6. The molecule has 3 unspecified atom stereocenters. The van der Waals surface area contributed by atoms with Crippen molar-refractivity contribution in [2.24, 2.45) is 11.1 Å². The Balaban J connectivity index is 2.15. The fourth-order valence-corrected chi connectivity index (χ4v) is 4.10. The minimum atomic E-state index is -0.521. The van der Waals surface area contributed by atoms with Gasteiger partial charge in [0.1, 0.15) is 6.04 Å². The average molecular weight is 300 g/mol. The summed E-state index contributed by atoms with van der Waals surface area (Å²) in [5.74, 6) is 1.23. The zero-order valence-electron chi connectivity index (χ0n) is 12.3. The first-order valence-corrected chi connectivity index (χ1v) is 8.47. The van der Waals surface area contributed by atoms with Crippen LogP contribution in [0.4, 0.5) is 0 Å². The van der Waals surface area contributed by atoms with E-state index in [2.05, 4.69) is 0 Å². The fraction of sp³-hybridized carbons (Fsp3) is 0.857. The maximum absolute atomic E-state index is 12.9. The highest BCUT2D eigenvalue weighted by atomic mass is 32.2. The second kappa shape index (κ2) is 6.35. The summed E-state index contributed by atoms with van der Waals surface area (Å²) < 4.78 is 5.11. The summed E-state index contributed by atoms with van der Waals surface area (Å²) in [7, 11) is 0. The molecule has 3 atom stereocenters. The standard InChI is InChI=1S/C14H24N2O3S/c1-3-19-12(17)10-9-20-8-7-16(10)13(18)14(2)6-4-5-11(14)15/h10-11H,3-9,15H2,1-2H3. The van der Waals surface area contributed by atoms with Crippen molar-refractivity contribution in [3.05, 3.63) is 0 Å². The van der Waals surface area contributed by atoms with E-state index in [4.69, 9.17) is 10.5 Å². The monoisotopic (exact) mass is 300 g/mol. The van der Waals surface area contributed by atoms with Crippen molar-refractivity contribution in [3.8, 4) is 0 Å². The summed E-state index contributed by atoms with van der Waals surface area (Å²) in [6.45, 7) is 4.68. The molecule has 1 saturated heterocycles. The van der Waals surface area contributed by atoms with E-state index in [1.54, 1.807) is 23.6 Å². The lowest BCUT2D eigenvalue weighted by Gasteiger charge is -2.40. The third-order valence-electron chi connectivity index (χ3n) is 4.47. The van der Waals surface area contributed by atoms with E-state index in [0.717, 1.165) is 25.0 Å². The molecule has 114 valence electrons. The van der Waals surface area contributed by atoms with E-state index < -0.39 is 11.5 Å². The SMILES string of the molecule is CCOC(=O)C1CSCCN1C(=O)C1(C)CCCC1N. The summed E-state index contributed by atoms with van der Waals surface area (Å²) >= 11 is 1.69. The van der Waals surface area contributed by atoms with Crippen molar-refractivity contribution in [1.82, 2.24) is 4.90 Å². The van der Waals surface area contributed by atoms with Crippen LogP contribution in [-0.2, 0) is 14.3 Å². The number of nitrogens with zero attached hydrogens (tertiary/aromatic N) is 1. The quantitative estimate of drug-likeness (QED) is 0.788. The molecule has 2 N–H and O–H groups in total. The van der Waals surface area contributed by atoms with Gasteiger partial charge in [-0.25, -0.2) is 4.79 Å². The van der Waals surface area contributed by atoms with E-state index in [1.165, 1.54) is 0 Å². The summed E-state index contributed by atoms with van der Waals surface area (Å²) in [5.41, 5.74) is 5.61. The van der Waals surface area contributed by atoms with E-state index in [1.807, 2.05) is 6.92 Å². The number of hydrogen-bond donors (Lipinski definition) is 1. The Labute approximate surface area is 124 Å². The maximum Gasteiger partial charge on any atom is 0.329 e. The average Bonchev–Trinajstić information content (AvgIpc) is 2.79. The molecule has 1 aliphatic heterocycles. The third kappa shape index (κ3) is 2.81. The van der Waals surface area contributed by atoms with Crippen molar-refractivity contribution >= 4 is 23.6 Å². The summed E-state index contributed by atoms with van der Waals surface area (Å²) in [6, 6.07) is -0.557. The molecule has 0 spiro atoms. The van der Waals surface area contributed by atoms with Gasteiger partial charge in [0.25, 0.3) is 0 Å². The Morgan fingerprint density at radius 3 is 2.85 bits per heavy atom. The lowest BCUT2D eigenvalue weighted by Crippen LogP contribution is -2.57. The number of amides is 1. The first-order valence-electron chi connectivity index (χ1n) is 7.31. The number of ether oxygens (including phenoxy) is 1. The summed E-state index contributed by atoms with van der Waals surface area (Å²) in [6.07, 6.45) is 2.68. The van der Waals surface area contributed by atoms with Gasteiger partial charge in [-0.05, 0) is 26.7 Å². The second-order valence-electron chi connectivity index (χ2n) is 5.76. The predicted octanol–water partition coefficient (Wildman–Crippen LogP) is 1.01. The lowest BCUT2D eigenvalue weighted by atomic mass is 9.83. The maximum atomic E-state index is 12.9. The zero-order valence-corrected chi connectivity index (χ0v) is 13.1. The van der Waals surface area contributed by atoms with Crippen molar-refractivity contribution < 1.29 is 14.3 Å². The van der Waals surface area contributed by atoms with Crippen LogP contribution in [0.1, 0.15) is 33.1 Å². The molecular formula is C14H24N2O3S. The highest BCUT2D eigenvalue weighted by Gasteiger charge is 2.48. The molecule has 5 nitrogen and oxygen atoms in total. The number of esters is 1. The van der Waals surface area contributed by atoms with E-state index in [9.17, 15) is 9.59 Å². The molecular weight excluding hydrogens is 276 g/mol. The van der Waals surface area contributed by atoms with Crippen LogP contribution in [0.2, 0.25) is 0 Å². The molecule has 1 heterocycles. The Morgan fingerprint density at radius 2 is 2.25 bits per heavy atom. The van der Waals surface area contributed by atoms with Gasteiger partial charge < -0.3 is 15.4 Å². The van der Waals surface area contributed by atoms with Gasteiger partial charge in [0, 0.05) is 24.1 Å². The lowest BCUT2D eigenvalue weighted by molar-refractivity contribution is -0.157. The van der Waals surface area contributed by atoms with Crippen LogP contribution in [0, 0.1) is 5.41 Å². The number of thioether (sulfide) groups is 1. The number of nitrogens with two attached hydrogens (primary N) is 1. The van der Waals surface area contributed by atoms with E-state index in [0.29, 0.717) is 18.9 Å². The highest BCUT2D eigenvalue weighted by Crippen LogP contribution is 2.39.